The molecule has 1 aliphatic rings. The van der Waals surface area contributed by atoms with Crippen molar-refractivity contribution < 1.29 is 9.21 Å². The molecule has 0 spiro atoms. The lowest BCUT2D eigenvalue weighted by Gasteiger charge is -2.12. The van der Waals surface area contributed by atoms with Crippen LogP contribution in [0.3, 0.4) is 0 Å². The Morgan fingerprint density at radius 1 is 1.53 bits per heavy atom. The third-order valence-corrected chi connectivity index (χ3v) is 2.80. The molecular formula is C13H20N4O2. The number of nitrogens with one attached hydrogen (secondary N) is 2. The maximum Gasteiger partial charge on any atom is 0.243 e. The van der Waals surface area contributed by atoms with Crippen molar-refractivity contribution in [3.8, 4) is 0 Å². The van der Waals surface area contributed by atoms with E-state index in [0.717, 1.165) is 18.6 Å². The molecule has 6 heteroatoms. The van der Waals surface area contributed by atoms with E-state index in [1.807, 2.05) is 12.1 Å². The second kappa shape index (κ2) is 6.26. The summed E-state index contributed by atoms with van der Waals surface area (Å²) in [6, 6.07) is 4.22. The summed E-state index contributed by atoms with van der Waals surface area (Å²) in [6.45, 7) is 0.703. The van der Waals surface area contributed by atoms with E-state index in [-0.39, 0.29) is 12.5 Å². The zero-order valence-corrected chi connectivity index (χ0v) is 11.3. The summed E-state index contributed by atoms with van der Waals surface area (Å²) in [5.41, 5.74) is 0. The van der Waals surface area contributed by atoms with E-state index >= 15 is 0 Å². The number of hydrogen-bond donors (Lipinski definition) is 2. The normalized spacial score (nSPS) is 15.2. The van der Waals surface area contributed by atoms with E-state index in [9.17, 15) is 4.79 Å². The van der Waals surface area contributed by atoms with E-state index in [2.05, 4.69) is 15.6 Å². The van der Waals surface area contributed by atoms with Gasteiger partial charge in [-0.2, -0.15) is 0 Å². The molecule has 1 heterocycles. The van der Waals surface area contributed by atoms with Gasteiger partial charge < -0.3 is 20.0 Å². The third kappa shape index (κ3) is 4.65. The van der Waals surface area contributed by atoms with Crippen molar-refractivity contribution in [2.75, 3.05) is 20.6 Å². The van der Waals surface area contributed by atoms with Crippen LogP contribution in [-0.4, -0.2) is 43.4 Å². The Kier molecular flexibility index (Phi) is 4.43. The topological polar surface area (TPSA) is 69.9 Å². The van der Waals surface area contributed by atoms with Gasteiger partial charge in [0.2, 0.25) is 5.91 Å². The highest BCUT2D eigenvalue weighted by Crippen LogP contribution is 2.18. The Morgan fingerprint density at radius 2 is 2.32 bits per heavy atom. The Bertz CT molecular complexity index is 436. The zero-order valence-electron chi connectivity index (χ0n) is 11.3. The van der Waals surface area contributed by atoms with Crippen molar-refractivity contribution in [1.29, 1.82) is 0 Å². The monoisotopic (exact) mass is 264 g/mol. The van der Waals surface area contributed by atoms with Crippen LogP contribution in [0.2, 0.25) is 0 Å². The van der Waals surface area contributed by atoms with Gasteiger partial charge >= 0.3 is 0 Å². The zero-order chi connectivity index (χ0) is 13.7. The van der Waals surface area contributed by atoms with Crippen LogP contribution in [0.15, 0.2) is 27.8 Å². The van der Waals surface area contributed by atoms with Crippen LogP contribution < -0.4 is 10.6 Å². The van der Waals surface area contributed by atoms with Crippen molar-refractivity contribution in [2.45, 2.75) is 25.4 Å². The first-order chi connectivity index (χ1) is 9.15. The maximum atomic E-state index is 11.5. The van der Waals surface area contributed by atoms with Crippen molar-refractivity contribution in [3.63, 3.8) is 0 Å². The molecule has 1 aliphatic carbocycles. The Labute approximate surface area is 112 Å². The summed E-state index contributed by atoms with van der Waals surface area (Å²) in [5.74, 6) is 1.48. The molecule has 2 N–H and O–H groups in total. The van der Waals surface area contributed by atoms with E-state index in [0.29, 0.717) is 18.5 Å². The van der Waals surface area contributed by atoms with Crippen LogP contribution in [-0.2, 0) is 11.3 Å². The quantitative estimate of drug-likeness (QED) is 0.602. The largest absolute Gasteiger partial charge is 0.467 e. The highest BCUT2D eigenvalue weighted by Gasteiger charge is 2.22. The highest BCUT2D eigenvalue weighted by atomic mass is 16.3. The predicted molar refractivity (Wildman–Crippen MR) is 72.7 cm³/mol. The predicted octanol–water partition coefficient (Wildman–Crippen LogP) is 0.565. The maximum absolute atomic E-state index is 11.5. The molecule has 1 saturated carbocycles. The number of amides is 1. The number of furan rings is 1. The number of carbonyl (C=O) groups excluding carboxylic acids is 1. The fourth-order valence-electron chi connectivity index (χ4n) is 1.45. The standard InChI is InChI=1S/C13H20N4O2/c1-17(2)12(18)9-15-13(16-10-5-6-10)14-8-11-4-3-7-19-11/h3-4,7,10H,5-6,8-9H2,1-2H3,(H2,14,15,16). The van der Waals surface area contributed by atoms with E-state index in [1.54, 1.807) is 20.4 Å². The average molecular weight is 264 g/mol. The molecule has 0 saturated heterocycles. The molecule has 0 atom stereocenters. The van der Waals surface area contributed by atoms with Gasteiger partial charge in [0.05, 0.1) is 12.8 Å². The number of carbonyl (C=O) groups is 1. The van der Waals surface area contributed by atoms with Crippen LogP contribution in [0, 0.1) is 0 Å². The molecule has 2 rings (SSSR count). The van der Waals surface area contributed by atoms with Crippen LogP contribution in [0.5, 0.6) is 0 Å². The third-order valence-electron chi connectivity index (χ3n) is 2.80. The van der Waals surface area contributed by atoms with Gasteiger partial charge in [-0.05, 0) is 25.0 Å². The van der Waals surface area contributed by atoms with Gasteiger partial charge in [0.25, 0.3) is 0 Å². The Morgan fingerprint density at radius 3 is 2.89 bits per heavy atom. The number of guanidine groups is 1. The number of nitrogens with zero attached hydrogens (tertiary/aromatic N) is 2. The lowest BCUT2D eigenvalue weighted by Crippen LogP contribution is -2.39. The molecule has 0 bridgehead atoms. The first-order valence-corrected chi connectivity index (χ1v) is 6.42. The molecule has 1 aromatic heterocycles. The Hall–Kier alpha value is -1.98. The Balaban J connectivity index is 1.86. The summed E-state index contributed by atoms with van der Waals surface area (Å²) in [5, 5.41) is 6.44. The SMILES string of the molecule is CN(C)C(=O)CN=C(NCc1ccco1)NC1CC1. The summed E-state index contributed by atoms with van der Waals surface area (Å²) in [6.07, 6.45) is 3.95. The molecule has 1 amide bonds. The van der Waals surface area contributed by atoms with Crippen LogP contribution in [0.25, 0.3) is 0 Å². The number of likely N-dealkylation sites (N-methyl/N-ethyl adjacent to an activating group) is 1. The molecule has 104 valence electrons. The minimum atomic E-state index is -0.0186. The molecule has 0 aromatic carbocycles. The van der Waals surface area contributed by atoms with Gasteiger partial charge in [0.1, 0.15) is 12.3 Å². The minimum absolute atomic E-state index is 0.0186. The molecule has 0 aliphatic heterocycles. The molecule has 1 fully saturated rings. The van der Waals surface area contributed by atoms with Crippen molar-refractivity contribution in [2.24, 2.45) is 4.99 Å². The highest BCUT2D eigenvalue weighted by molar-refractivity contribution is 5.85. The van der Waals surface area contributed by atoms with E-state index in [1.165, 1.54) is 4.90 Å². The fourth-order valence-corrected chi connectivity index (χ4v) is 1.45. The lowest BCUT2D eigenvalue weighted by atomic mass is 10.4. The van der Waals surface area contributed by atoms with Crippen molar-refractivity contribution in [3.05, 3.63) is 24.2 Å². The second-order valence-corrected chi connectivity index (χ2v) is 4.80. The lowest BCUT2D eigenvalue weighted by molar-refractivity contribution is -0.127. The van der Waals surface area contributed by atoms with Gasteiger partial charge in [-0.15, -0.1) is 0 Å². The first-order valence-electron chi connectivity index (χ1n) is 6.42. The van der Waals surface area contributed by atoms with E-state index < -0.39 is 0 Å². The van der Waals surface area contributed by atoms with Gasteiger partial charge in [0, 0.05) is 20.1 Å². The summed E-state index contributed by atoms with van der Waals surface area (Å²) < 4.78 is 5.25. The molecule has 0 radical (unpaired) electrons. The van der Waals surface area contributed by atoms with Gasteiger partial charge in [0.15, 0.2) is 5.96 Å². The smallest absolute Gasteiger partial charge is 0.243 e. The molecule has 0 unspecified atom stereocenters. The summed E-state index contributed by atoms with van der Waals surface area (Å²) >= 11 is 0. The number of rotatable bonds is 5. The summed E-state index contributed by atoms with van der Waals surface area (Å²) in [7, 11) is 3.45. The minimum Gasteiger partial charge on any atom is -0.467 e. The van der Waals surface area contributed by atoms with Crippen molar-refractivity contribution >= 4 is 11.9 Å². The molecular weight excluding hydrogens is 244 g/mol. The number of hydrogen-bond acceptors (Lipinski definition) is 3. The van der Waals surface area contributed by atoms with Crippen LogP contribution in [0.1, 0.15) is 18.6 Å². The van der Waals surface area contributed by atoms with Crippen LogP contribution in [0.4, 0.5) is 0 Å². The number of aliphatic imine (C=N–C) groups is 1. The van der Waals surface area contributed by atoms with Crippen molar-refractivity contribution in [1.82, 2.24) is 15.5 Å². The fraction of sp³-hybridized carbons (Fsp3) is 0.538. The second-order valence-electron chi connectivity index (χ2n) is 4.80. The molecule has 1 aromatic rings. The molecule has 19 heavy (non-hydrogen) atoms. The van der Waals surface area contributed by atoms with Gasteiger partial charge in [-0.3, -0.25) is 4.79 Å². The van der Waals surface area contributed by atoms with Crippen LogP contribution >= 0.6 is 0 Å². The summed E-state index contributed by atoms with van der Waals surface area (Å²) in [4.78, 5) is 17.3. The van der Waals surface area contributed by atoms with E-state index in [4.69, 9.17) is 4.42 Å². The first kappa shape index (κ1) is 13.5. The average Bonchev–Trinajstić information content (AvgIpc) is 3.04. The molecule has 6 nitrogen and oxygen atoms in total. The van der Waals surface area contributed by atoms with Gasteiger partial charge in [-0.1, -0.05) is 0 Å². The van der Waals surface area contributed by atoms with Gasteiger partial charge in [-0.25, -0.2) is 4.99 Å².